The summed E-state index contributed by atoms with van der Waals surface area (Å²) in [5, 5.41) is 17.7. The minimum atomic E-state index is -0.969. The van der Waals surface area contributed by atoms with Gasteiger partial charge in [-0.15, -0.1) is 0 Å². The third-order valence-electron chi connectivity index (χ3n) is 3.73. The molecule has 0 radical (unpaired) electrons. The fourth-order valence-electron chi connectivity index (χ4n) is 2.18. The van der Waals surface area contributed by atoms with Crippen LogP contribution in [0.3, 0.4) is 0 Å². The Labute approximate surface area is 153 Å². The number of allylic oxidation sites excluding steroid dienone is 6. The van der Waals surface area contributed by atoms with Gasteiger partial charge in [-0.1, -0.05) is 75.5 Å². The van der Waals surface area contributed by atoms with Crippen LogP contribution in [0.1, 0.15) is 71.1 Å². The van der Waals surface area contributed by atoms with Gasteiger partial charge in [-0.25, -0.2) is 0 Å². The molecule has 0 aliphatic rings. The van der Waals surface area contributed by atoms with E-state index in [1.807, 2.05) is 0 Å². The molecular weight excluding hydrogens is 316 g/mol. The largest absolute Gasteiger partial charge is 0.463 e. The molecule has 0 amide bonds. The molecule has 144 valence electrons. The Morgan fingerprint density at radius 2 is 1.52 bits per heavy atom. The van der Waals surface area contributed by atoms with E-state index in [0.29, 0.717) is 6.42 Å². The number of unbranched alkanes of at least 4 members (excludes halogenated alkanes) is 7. The van der Waals surface area contributed by atoms with Crippen molar-refractivity contribution >= 4 is 5.97 Å². The van der Waals surface area contributed by atoms with Crippen molar-refractivity contribution in [3.05, 3.63) is 36.5 Å². The molecule has 0 aliphatic heterocycles. The Bertz CT molecular complexity index is 385. The first kappa shape index (κ1) is 23.6. The zero-order chi connectivity index (χ0) is 18.6. The third-order valence-corrected chi connectivity index (χ3v) is 3.73. The summed E-state index contributed by atoms with van der Waals surface area (Å²) >= 11 is 0. The van der Waals surface area contributed by atoms with Crippen molar-refractivity contribution in [1.29, 1.82) is 0 Å². The normalized spacial score (nSPS) is 13.2. The Morgan fingerprint density at radius 3 is 2.16 bits per heavy atom. The van der Waals surface area contributed by atoms with Crippen LogP contribution < -0.4 is 0 Å². The summed E-state index contributed by atoms with van der Waals surface area (Å²) in [7, 11) is 0. The van der Waals surface area contributed by atoms with Gasteiger partial charge in [0.2, 0.25) is 0 Å². The molecule has 0 rings (SSSR count). The highest BCUT2D eigenvalue weighted by atomic mass is 16.5. The number of hydrogen-bond donors (Lipinski definition) is 2. The summed E-state index contributed by atoms with van der Waals surface area (Å²) in [4.78, 5) is 11.4. The SMILES string of the molecule is CCCC/C=C/C=C\C=C/CCCCCCCC(=O)OCC(O)CO. The van der Waals surface area contributed by atoms with E-state index in [1.165, 1.54) is 25.7 Å². The Morgan fingerprint density at radius 1 is 0.920 bits per heavy atom. The predicted molar refractivity (Wildman–Crippen MR) is 103 cm³/mol. The quantitative estimate of drug-likeness (QED) is 0.244. The van der Waals surface area contributed by atoms with E-state index >= 15 is 0 Å². The highest BCUT2D eigenvalue weighted by Gasteiger charge is 2.07. The van der Waals surface area contributed by atoms with Crippen LogP contribution in [-0.2, 0) is 9.53 Å². The van der Waals surface area contributed by atoms with Crippen LogP contribution in [0.2, 0.25) is 0 Å². The zero-order valence-corrected chi connectivity index (χ0v) is 15.7. The van der Waals surface area contributed by atoms with E-state index in [4.69, 9.17) is 14.9 Å². The number of aliphatic hydroxyl groups is 2. The first-order valence-electron chi connectivity index (χ1n) is 9.63. The molecule has 0 aromatic heterocycles. The van der Waals surface area contributed by atoms with Gasteiger partial charge in [0, 0.05) is 6.42 Å². The van der Waals surface area contributed by atoms with Crippen molar-refractivity contribution in [3.63, 3.8) is 0 Å². The second-order valence-electron chi connectivity index (χ2n) is 6.21. The average molecular weight is 353 g/mol. The number of ether oxygens (including phenoxy) is 1. The van der Waals surface area contributed by atoms with E-state index in [2.05, 4.69) is 43.4 Å². The molecule has 4 nitrogen and oxygen atoms in total. The molecule has 0 saturated carbocycles. The third kappa shape index (κ3) is 18.8. The number of carbonyl (C=O) groups is 1. The molecule has 0 aromatic carbocycles. The van der Waals surface area contributed by atoms with Gasteiger partial charge in [-0.2, -0.15) is 0 Å². The molecule has 25 heavy (non-hydrogen) atoms. The van der Waals surface area contributed by atoms with Crippen molar-refractivity contribution in [1.82, 2.24) is 0 Å². The molecule has 0 aliphatic carbocycles. The fraction of sp³-hybridized carbons (Fsp3) is 0.667. The maximum atomic E-state index is 11.4. The van der Waals surface area contributed by atoms with E-state index in [0.717, 1.165) is 32.1 Å². The van der Waals surface area contributed by atoms with Crippen LogP contribution in [0.5, 0.6) is 0 Å². The van der Waals surface area contributed by atoms with E-state index in [1.54, 1.807) is 0 Å². The number of carbonyl (C=O) groups excluding carboxylic acids is 1. The minimum absolute atomic E-state index is 0.120. The summed E-state index contributed by atoms with van der Waals surface area (Å²) in [6.07, 6.45) is 22.2. The molecule has 0 fully saturated rings. The standard InChI is InChI=1S/C21H36O4/c1-2-3-4-5-6-7-8-9-10-11-12-13-14-15-16-17-21(24)25-19-20(23)18-22/h5-10,20,22-23H,2-4,11-19H2,1H3/b6-5+,8-7-,10-9-. The van der Waals surface area contributed by atoms with Crippen LogP contribution in [-0.4, -0.2) is 35.5 Å². The van der Waals surface area contributed by atoms with Crippen molar-refractivity contribution in [2.75, 3.05) is 13.2 Å². The molecule has 2 N–H and O–H groups in total. The lowest BCUT2D eigenvalue weighted by Gasteiger charge is -2.08. The molecular formula is C21H36O4. The first-order valence-corrected chi connectivity index (χ1v) is 9.63. The maximum Gasteiger partial charge on any atom is 0.305 e. The van der Waals surface area contributed by atoms with E-state index in [9.17, 15) is 4.79 Å². The maximum absolute atomic E-state index is 11.4. The average Bonchev–Trinajstić information content (AvgIpc) is 2.62. The topological polar surface area (TPSA) is 66.8 Å². The lowest BCUT2D eigenvalue weighted by atomic mass is 10.1. The van der Waals surface area contributed by atoms with Crippen LogP contribution >= 0.6 is 0 Å². The van der Waals surface area contributed by atoms with Crippen LogP contribution in [0, 0.1) is 0 Å². The van der Waals surface area contributed by atoms with Gasteiger partial charge >= 0.3 is 5.97 Å². The first-order chi connectivity index (χ1) is 12.2. The van der Waals surface area contributed by atoms with Gasteiger partial charge in [0.25, 0.3) is 0 Å². The highest BCUT2D eigenvalue weighted by Crippen LogP contribution is 2.08. The molecule has 0 bridgehead atoms. The Kier molecular flexibility index (Phi) is 17.9. The smallest absolute Gasteiger partial charge is 0.305 e. The van der Waals surface area contributed by atoms with Crippen molar-refractivity contribution in [3.8, 4) is 0 Å². The lowest BCUT2D eigenvalue weighted by Crippen LogP contribution is -2.21. The van der Waals surface area contributed by atoms with Gasteiger partial charge in [0.05, 0.1) is 6.61 Å². The van der Waals surface area contributed by atoms with Crippen molar-refractivity contribution in [2.24, 2.45) is 0 Å². The molecule has 0 spiro atoms. The van der Waals surface area contributed by atoms with Gasteiger partial charge in [0.15, 0.2) is 0 Å². The van der Waals surface area contributed by atoms with Gasteiger partial charge < -0.3 is 14.9 Å². The fourth-order valence-corrected chi connectivity index (χ4v) is 2.18. The molecule has 0 saturated heterocycles. The number of aliphatic hydroxyl groups excluding tert-OH is 2. The highest BCUT2D eigenvalue weighted by molar-refractivity contribution is 5.69. The van der Waals surface area contributed by atoms with E-state index in [-0.39, 0.29) is 19.2 Å². The summed E-state index contributed by atoms with van der Waals surface area (Å²) < 4.78 is 4.84. The van der Waals surface area contributed by atoms with Gasteiger partial charge in [-0.05, 0) is 25.7 Å². The molecule has 1 atom stereocenters. The number of hydrogen-bond acceptors (Lipinski definition) is 4. The minimum Gasteiger partial charge on any atom is -0.463 e. The second-order valence-corrected chi connectivity index (χ2v) is 6.21. The van der Waals surface area contributed by atoms with Gasteiger partial charge in [-0.3, -0.25) is 4.79 Å². The Hall–Kier alpha value is -1.39. The summed E-state index contributed by atoms with van der Waals surface area (Å²) in [6, 6.07) is 0. The molecule has 0 aromatic rings. The lowest BCUT2D eigenvalue weighted by molar-refractivity contribution is -0.147. The summed E-state index contributed by atoms with van der Waals surface area (Å²) in [5.74, 6) is -0.300. The van der Waals surface area contributed by atoms with E-state index < -0.39 is 6.10 Å². The summed E-state index contributed by atoms with van der Waals surface area (Å²) in [6.45, 7) is 1.70. The Balaban J connectivity index is 3.38. The van der Waals surface area contributed by atoms with Gasteiger partial charge in [0.1, 0.15) is 12.7 Å². The monoisotopic (exact) mass is 352 g/mol. The molecule has 1 unspecified atom stereocenters. The summed E-state index contributed by atoms with van der Waals surface area (Å²) in [5.41, 5.74) is 0. The molecule has 0 heterocycles. The second kappa shape index (κ2) is 18.9. The predicted octanol–water partition coefficient (Wildman–Crippen LogP) is 4.47. The van der Waals surface area contributed by atoms with Crippen molar-refractivity contribution < 1.29 is 19.7 Å². The number of rotatable bonds is 16. The van der Waals surface area contributed by atoms with Crippen LogP contribution in [0.25, 0.3) is 0 Å². The molecule has 4 heteroatoms. The van der Waals surface area contributed by atoms with Crippen LogP contribution in [0.15, 0.2) is 36.5 Å². The van der Waals surface area contributed by atoms with Crippen LogP contribution in [0.4, 0.5) is 0 Å². The number of esters is 1. The van der Waals surface area contributed by atoms with Crippen molar-refractivity contribution in [2.45, 2.75) is 77.2 Å². The zero-order valence-electron chi connectivity index (χ0n) is 15.7.